The smallest absolute Gasteiger partial charge is 0.338 e. The summed E-state index contributed by atoms with van der Waals surface area (Å²) < 4.78 is 7.14. The van der Waals surface area contributed by atoms with Crippen molar-refractivity contribution in [2.24, 2.45) is 5.92 Å². The fraction of sp³-hybridized carbons (Fsp3) is 0.194. The van der Waals surface area contributed by atoms with Gasteiger partial charge in [-0.05, 0) is 73.2 Å². The number of thiazole rings is 1. The number of carbonyl (C=O) groups is 4. The zero-order valence-electron chi connectivity index (χ0n) is 23.0. The Labute approximate surface area is 273 Å². The van der Waals surface area contributed by atoms with Crippen LogP contribution in [0.25, 0.3) is 0 Å². The summed E-state index contributed by atoms with van der Waals surface area (Å²) in [5.41, 5.74) is 1.98. The molecule has 1 N–H and O–H groups in total. The van der Waals surface area contributed by atoms with Crippen LogP contribution in [0.4, 0.5) is 11.4 Å². The van der Waals surface area contributed by atoms with Crippen LogP contribution in [0, 0.1) is 5.92 Å². The van der Waals surface area contributed by atoms with Gasteiger partial charge in [0.2, 0.25) is 17.7 Å². The second-order valence-electron chi connectivity index (χ2n) is 10.1. The standard InChI is InChI=1S/C31H23BrClN3O6S2/c1-2-42-30(40)16-6-10-20(11-7-16)34-22(37)15-35-29-26(44-31(35)41)23(17-4-3-5-18(32)14-17)24-25(43-29)28(39)36(27(24)38)21-12-8-19(33)9-13-21/h3-14,23-25H,2,15H2,1H3,(H,34,37)/t23-,24?,25?/m1/s1. The number of amides is 3. The van der Waals surface area contributed by atoms with Crippen molar-refractivity contribution in [3.63, 3.8) is 0 Å². The van der Waals surface area contributed by atoms with Gasteiger partial charge in [0.05, 0.1) is 28.8 Å². The second-order valence-corrected chi connectivity index (χ2v) is 13.5. The molecule has 2 unspecified atom stereocenters. The molecule has 6 rings (SSSR count). The summed E-state index contributed by atoms with van der Waals surface area (Å²) in [4.78, 5) is 67.7. The summed E-state index contributed by atoms with van der Waals surface area (Å²) in [6, 6.07) is 20.2. The molecule has 44 heavy (non-hydrogen) atoms. The zero-order chi connectivity index (χ0) is 31.1. The van der Waals surface area contributed by atoms with Crippen LogP contribution < -0.4 is 15.1 Å². The molecule has 3 amide bonds. The maximum Gasteiger partial charge on any atom is 0.338 e. The van der Waals surface area contributed by atoms with E-state index < -0.39 is 34.9 Å². The summed E-state index contributed by atoms with van der Waals surface area (Å²) >= 11 is 11.7. The number of hydrogen-bond donors (Lipinski definition) is 1. The molecule has 0 aliphatic carbocycles. The number of fused-ring (bicyclic) bond motifs is 2. The first-order valence-electron chi connectivity index (χ1n) is 13.5. The van der Waals surface area contributed by atoms with Gasteiger partial charge in [0.1, 0.15) is 11.8 Å². The normalized spacial score (nSPS) is 19.0. The van der Waals surface area contributed by atoms with E-state index in [1.165, 1.54) is 9.47 Å². The van der Waals surface area contributed by atoms with Crippen molar-refractivity contribution in [1.29, 1.82) is 0 Å². The Morgan fingerprint density at radius 2 is 1.73 bits per heavy atom. The fourth-order valence-corrected chi connectivity index (χ4v) is 8.72. The Bertz CT molecular complexity index is 1860. The SMILES string of the molecule is CCOC(=O)c1ccc(NC(=O)Cn2c3c(sc2=O)[C@H](c2cccc(Br)c2)C2C(=O)N(c4ccc(Cl)cc4)C(=O)C2S3)cc1. The monoisotopic (exact) mass is 711 g/mol. The maximum atomic E-state index is 14.0. The predicted octanol–water partition coefficient (Wildman–Crippen LogP) is 5.94. The lowest BCUT2D eigenvalue weighted by atomic mass is 9.83. The van der Waals surface area contributed by atoms with E-state index in [9.17, 15) is 24.0 Å². The Hall–Kier alpha value is -3.71. The highest BCUT2D eigenvalue weighted by Gasteiger charge is 2.56. The lowest BCUT2D eigenvalue weighted by Gasteiger charge is -2.30. The van der Waals surface area contributed by atoms with Crippen LogP contribution in [0.3, 0.4) is 0 Å². The Balaban J connectivity index is 1.33. The molecule has 4 aromatic rings. The van der Waals surface area contributed by atoms with Crippen LogP contribution >= 0.6 is 50.6 Å². The van der Waals surface area contributed by atoms with Crippen molar-refractivity contribution in [2.45, 2.75) is 29.7 Å². The molecule has 3 atom stereocenters. The number of benzene rings is 3. The molecule has 1 saturated heterocycles. The molecule has 1 fully saturated rings. The van der Waals surface area contributed by atoms with Gasteiger partial charge in [0, 0.05) is 26.0 Å². The van der Waals surface area contributed by atoms with Crippen LogP contribution in [-0.2, 0) is 25.7 Å². The Morgan fingerprint density at radius 1 is 1.00 bits per heavy atom. The molecular weight excluding hydrogens is 690 g/mol. The molecular formula is C31H23BrClN3O6S2. The summed E-state index contributed by atoms with van der Waals surface area (Å²) in [6.45, 7) is 1.66. The van der Waals surface area contributed by atoms with Gasteiger partial charge < -0.3 is 10.1 Å². The minimum atomic E-state index is -0.812. The number of hydrogen-bond acceptors (Lipinski definition) is 8. The van der Waals surface area contributed by atoms with E-state index in [0.29, 0.717) is 31.9 Å². The van der Waals surface area contributed by atoms with Crippen molar-refractivity contribution in [1.82, 2.24) is 4.57 Å². The van der Waals surface area contributed by atoms with Gasteiger partial charge in [0.25, 0.3) is 0 Å². The quantitative estimate of drug-likeness (QED) is 0.187. The molecule has 13 heteroatoms. The van der Waals surface area contributed by atoms with E-state index in [1.807, 2.05) is 24.3 Å². The lowest BCUT2D eigenvalue weighted by Crippen LogP contribution is -2.33. The van der Waals surface area contributed by atoms with Crippen molar-refractivity contribution in [2.75, 3.05) is 16.8 Å². The van der Waals surface area contributed by atoms with Gasteiger partial charge in [-0.1, -0.05) is 62.8 Å². The average Bonchev–Trinajstić information content (AvgIpc) is 3.44. The molecule has 0 saturated carbocycles. The highest BCUT2D eigenvalue weighted by molar-refractivity contribution is 9.10. The molecule has 224 valence electrons. The minimum absolute atomic E-state index is 0.248. The number of carbonyl (C=O) groups excluding carboxylic acids is 4. The van der Waals surface area contributed by atoms with Gasteiger partial charge in [-0.15, -0.1) is 0 Å². The molecule has 0 bridgehead atoms. The number of anilines is 2. The number of halogens is 2. The minimum Gasteiger partial charge on any atom is -0.462 e. The van der Waals surface area contributed by atoms with Crippen LogP contribution in [0.15, 0.2) is 87.1 Å². The number of nitrogens with one attached hydrogen (secondary N) is 1. The average molecular weight is 713 g/mol. The number of aromatic nitrogens is 1. The zero-order valence-corrected chi connectivity index (χ0v) is 27.0. The maximum absolute atomic E-state index is 14.0. The van der Waals surface area contributed by atoms with Crippen molar-refractivity contribution >= 4 is 85.7 Å². The van der Waals surface area contributed by atoms with Crippen LogP contribution in [0.1, 0.15) is 33.6 Å². The number of esters is 1. The van der Waals surface area contributed by atoms with Gasteiger partial charge >= 0.3 is 10.8 Å². The number of ether oxygens (including phenoxy) is 1. The molecule has 0 radical (unpaired) electrons. The first-order chi connectivity index (χ1) is 21.2. The first kappa shape index (κ1) is 30.3. The lowest BCUT2D eigenvalue weighted by molar-refractivity contribution is -0.122. The van der Waals surface area contributed by atoms with Gasteiger partial charge in [-0.2, -0.15) is 0 Å². The Kier molecular flexibility index (Phi) is 8.51. The van der Waals surface area contributed by atoms with Crippen LogP contribution in [0.2, 0.25) is 5.02 Å². The van der Waals surface area contributed by atoms with E-state index in [-0.39, 0.29) is 23.9 Å². The van der Waals surface area contributed by atoms with E-state index >= 15 is 0 Å². The van der Waals surface area contributed by atoms with Gasteiger partial charge in [-0.3, -0.25) is 23.7 Å². The molecule has 2 aliphatic rings. The summed E-state index contributed by atoms with van der Waals surface area (Å²) in [5.74, 6) is -3.03. The molecule has 1 aromatic heterocycles. The number of rotatable bonds is 7. The number of thioether (sulfide) groups is 1. The summed E-state index contributed by atoms with van der Waals surface area (Å²) in [7, 11) is 0. The van der Waals surface area contributed by atoms with Crippen molar-refractivity contribution in [3.8, 4) is 0 Å². The highest BCUT2D eigenvalue weighted by Crippen LogP contribution is 2.54. The van der Waals surface area contributed by atoms with E-state index in [1.54, 1.807) is 55.5 Å². The van der Waals surface area contributed by atoms with E-state index in [4.69, 9.17) is 16.3 Å². The van der Waals surface area contributed by atoms with Crippen LogP contribution in [0.5, 0.6) is 0 Å². The molecule has 0 spiro atoms. The number of imide groups is 1. The van der Waals surface area contributed by atoms with Crippen molar-refractivity contribution < 1.29 is 23.9 Å². The first-order valence-corrected chi connectivity index (χ1v) is 16.4. The predicted molar refractivity (Wildman–Crippen MR) is 173 cm³/mol. The third-order valence-corrected chi connectivity index (χ3v) is 10.7. The molecule has 3 heterocycles. The molecule has 2 aliphatic heterocycles. The van der Waals surface area contributed by atoms with Crippen molar-refractivity contribution in [3.05, 3.63) is 108 Å². The van der Waals surface area contributed by atoms with E-state index in [0.717, 1.165) is 33.1 Å². The van der Waals surface area contributed by atoms with Crippen LogP contribution in [-0.4, -0.2) is 40.1 Å². The highest BCUT2D eigenvalue weighted by atomic mass is 79.9. The van der Waals surface area contributed by atoms with Gasteiger partial charge in [0.15, 0.2) is 0 Å². The third-order valence-electron chi connectivity index (χ3n) is 7.32. The molecule has 9 nitrogen and oxygen atoms in total. The largest absolute Gasteiger partial charge is 0.462 e. The second kappa shape index (κ2) is 12.4. The topological polar surface area (TPSA) is 115 Å². The fourth-order valence-electron chi connectivity index (χ4n) is 5.41. The molecule has 3 aromatic carbocycles. The summed E-state index contributed by atoms with van der Waals surface area (Å²) in [5, 5.41) is 2.91. The number of nitrogens with zero attached hydrogens (tertiary/aromatic N) is 2. The van der Waals surface area contributed by atoms with Gasteiger partial charge in [-0.25, -0.2) is 9.69 Å². The summed E-state index contributed by atoms with van der Waals surface area (Å²) in [6.07, 6.45) is 0. The Morgan fingerprint density at radius 3 is 2.41 bits per heavy atom. The third kappa shape index (κ3) is 5.63. The van der Waals surface area contributed by atoms with E-state index in [2.05, 4.69) is 21.2 Å².